The molecule has 2 aromatic heterocycles. The fourth-order valence-corrected chi connectivity index (χ4v) is 3.71. The highest BCUT2D eigenvalue weighted by atomic mass is 35.5. The first kappa shape index (κ1) is 24.4. The molecule has 0 atom stereocenters. The van der Waals surface area contributed by atoms with Gasteiger partial charge in [-0.15, -0.1) is 0 Å². The Morgan fingerprint density at radius 1 is 1.20 bits per heavy atom. The predicted octanol–water partition coefficient (Wildman–Crippen LogP) is 5.79. The third kappa shape index (κ3) is 5.87. The van der Waals surface area contributed by atoms with Gasteiger partial charge in [-0.2, -0.15) is 4.98 Å². The van der Waals surface area contributed by atoms with Crippen LogP contribution in [-0.2, 0) is 9.47 Å². The zero-order valence-corrected chi connectivity index (χ0v) is 20.1. The maximum atomic E-state index is 13.5. The molecule has 182 valence electrons. The second kappa shape index (κ2) is 11.2. The van der Waals surface area contributed by atoms with E-state index in [0.29, 0.717) is 42.9 Å². The van der Waals surface area contributed by atoms with Crippen molar-refractivity contribution >= 4 is 45.9 Å². The van der Waals surface area contributed by atoms with Crippen molar-refractivity contribution in [3.63, 3.8) is 0 Å². The fraction of sp³-hybridized carbons (Fsp3) is 0.240. The van der Waals surface area contributed by atoms with Gasteiger partial charge in [-0.25, -0.2) is 14.2 Å². The van der Waals surface area contributed by atoms with Crippen LogP contribution in [0.5, 0.6) is 0 Å². The van der Waals surface area contributed by atoms with Gasteiger partial charge < -0.3 is 25.1 Å². The Morgan fingerprint density at radius 3 is 2.83 bits per heavy atom. The first-order valence-corrected chi connectivity index (χ1v) is 11.5. The van der Waals surface area contributed by atoms with Crippen molar-refractivity contribution in [1.82, 2.24) is 15.0 Å². The summed E-state index contributed by atoms with van der Waals surface area (Å²) in [5, 5.41) is 7.26. The maximum Gasteiger partial charge on any atom is 0.354 e. The minimum absolute atomic E-state index is 0.00604. The summed E-state index contributed by atoms with van der Waals surface area (Å²) in [6.07, 6.45) is 2.50. The Balaban J connectivity index is 1.65. The topological polar surface area (TPSA) is 101 Å². The molecule has 0 bridgehead atoms. The van der Waals surface area contributed by atoms with E-state index in [1.807, 2.05) is 18.2 Å². The Morgan fingerprint density at radius 2 is 2.06 bits per heavy atom. The number of rotatable bonds is 10. The molecule has 2 aromatic carbocycles. The van der Waals surface area contributed by atoms with Crippen molar-refractivity contribution in [2.75, 3.05) is 37.5 Å². The van der Waals surface area contributed by atoms with E-state index >= 15 is 0 Å². The van der Waals surface area contributed by atoms with Crippen molar-refractivity contribution in [2.45, 2.75) is 13.3 Å². The van der Waals surface area contributed by atoms with Gasteiger partial charge in [0.1, 0.15) is 17.3 Å². The van der Waals surface area contributed by atoms with Crippen LogP contribution in [0.4, 0.5) is 21.8 Å². The van der Waals surface area contributed by atoms with Crippen LogP contribution in [0.25, 0.3) is 22.0 Å². The van der Waals surface area contributed by atoms with Gasteiger partial charge in [0.25, 0.3) is 0 Å². The van der Waals surface area contributed by atoms with Crippen LogP contribution in [-0.4, -0.2) is 47.8 Å². The van der Waals surface area contributed by atoms with E-state index in [0.717, 1.165) is 28.5 Å². The summed E-state index contributed by atoms with van der Waals surface area (Å²) < 4.78 is 23.7. The number of halogens is 2. The van der Waals surface area contributed by atoms with E-state index in [1.54, 1.807) is 32.4 Å². The normalized spacial score (nSPS) is 11.0. The second-order valence-corrected chi connectivity index (χ2v) is 8.10. The average molecular weight is 498 g/mol. The molecule has 0 unspecified atom stereocenters. The van der Waals surface area contributed by atoms with Gasteiger partial charge in [0.15, 0.2) is 0 Å². The molecule has 4 aromatic rings. The maximum absolute atomic E-state index is 13.5. The SMILES string of the molecule is CCOC(=O)c1cc2cc(-c3cnc(Nc4ccc(F)c(Cl)c4)nc3NCCCOC)ccc2[nH]1. The van der Waals surface area contributed by atoms with E-state index < -0.39 is 11.8 Å². The fourth-order valence-electron chi connectivity index (χ4n) is 3.53. The summed E-state index contributed by atoms with van der Waals surface area (Å²) >= 11 is 5.89. The van der Waals surface area contributed by atoms with E-state index in [9.17, 15) is 9.18 Å². The highest BCUT2D eigenvalue weighted by molar-refractivity contribution is 6.31. The molecule has 35 heavy (non-hydrogen) atoms. The van der Waals surface area contributed by atoms with Crippen LogP contribution in [0, 0.1) is 5.82 Å². The molecule has 2 heterocycles. The smallest absolute Gasteiger partial charge is 0.354 e. The molecule has 0 spiro atoms. The molecule has 0 aliphatic rings. The lowest BCUT2D eigenvalue weighted by Gasteiger charge is -2.13. The Hall–Kier alpha value is -3.69. The number of aromatic amines is 1. The first-order chi connectivity index (χ1) is 17.0. The molecule has 4 rings (SSSR count). The number of fused-ring (bicyclic) bond motifs is 1. The van der Waals surface area contributed by atoms with Gasteiger partial charge in [0.2, 0.25) is 5.95 Å². The van der Waals surface area contributed by atoms with Crippen LogP contribution in [0.1, 0.15) is 23.8 Å². The van der Waals surface area contributed by atoms with Crippen LogP contribution >= 0.6 is 11.6 Å². The van der Waals surface area contributed by atoms with Crippen LogP contribution in [0.2, 0.25) is 5.02 Å². The van der Waals surface area contributed by atoms with Crippen molar-refractivity contribution in [2.24, 2.45) is 0 Å². The molecule has 0 aliphatic heterocycles. The number of carbonyl (C=O) groups excluding carboxylic acids is 1. The van der Waals surface area contributed by atoms with Gasteiger partial charge >= 0.3 is 5.97 Å². The number of esters is 1. The molecule has 0 fully saturated rings. The van der Waals surface area contributed by atoms with E-state index in [4.69, 9.17) is 21.1 Å². The highest BCUT2D eigenvalue weighted by Crippen LogP contribution is 2.31. The van der Waals surface area contributed by atoms with Crippen molar-refractivity contribution in [1.29, 1.82) is 0 Å². The quantitative estimate of drug-likeness (QED) is 0.188. The standard InChI is InChI=1S/C25H25ClFN5O3/c1-3-35-24(33)22-12-16-11-15(5-8-21(16)31-22)18-14-29-25(32-23(18)28-9-4-10-34-2)30-17-6-7-20(27)19(26)13-17/h5-8,11-14,31H,3-4,9-10H2,1-2H3,(H2,28,29,30,32). The number of H-pyrrole nitrogens is 1. The lowest BCUT2D eigenvalue weighted by atomic mass is 10.1. The third-order valence-electron chi connectivity index (χ3n) is 5.21. The van der Waals surface area contributed by atoms with Gasteiger partial charge in [-0.05, 0) is 55.3 Å². The Bertz CT molecular complexity index is 1340. The van der Waals surface area contributed by atoms with Gasteiger partial charge in [0.05, 0.1) is 11.6 Å². The second-order valence-electron chi connectivity index (χ2n) is 7.69. The number of methoxy groups -OCH3 is 1. The molecular formula is C25H25ClFN5O3. The molecule has 3 N–H and O–H groups in total. The van der Waals surface area contributed by atoms with Crippen LogP contribution < -0.4 is 10.6 Å². The minimum atomic E-state index is -0.500. The van der Waals surface area contributed by atoms with Gasteiger partial charge in [-0.3, -0.25) is 0 Å². The first-order valence-electron chi connectivity index (χ1n) is 11.1. The molecule has 0 saturated carbocycles. The Kier molecular flexibility index (Phi) is 7.79. The number of aromatic nitrogens is 3. The number of ether oxygens (including phenoxy) is 2. The third-order valence-corrected chi connectivity index (χ3v) is 5.50. The summed E-state index contributed by atoms with van der Waals surface area (Å²) in [5.74, 6) is 0.0518. The largest absolute Gasteiger partial charge is 0.461 e. The molecular weight excluding hydrogens is 473 g/mol. The minimum Gasteiger partial charge on any atom is -0.461 e. The van der Waals surface area contributed by atoms with Gasteiger partial charge in [0, 0.05) is 48.6 Å². The zero-order chi connectivity index (χ0) is 24.8. The number of nitrogens with one attached hydrogen (secondary N) is 3. The number of anilines is 3. The van der Waals surface area contributed by atoms with Crippen LogP contribution in [0.3, 0.4) is 0 Å². The van der Waals surface area contributed by atoms with Crippen molar-refractivity contribution in [3.8, 4) is 11.1 Å². The van der Waals surface area contributed by atoms with E-state index in [2.05, 4.69) is 25.6 Å². The van der Waals surface area contributed by atoms with E-state index in [1.165, 1.54) is 12.1 Å². The summed E-state index contributed by atoms with van der Waals surface area (Å²) in [7, 11) is 1.66. The zero-order valence-electron chi connectivity index (χ0n) is 19.3. The molecule has 0 saturated heterocycles. The summed E-state index contributed by atoms with van der Waals surface area (Å²) in [5.41, 5.74) is 3.43. The molecule has 0 radical (unpaired) electrons. The van der Waals surface area contributed by atoms with Gasteiger partial charge in [-0.1, -0.05) is 17.7 Å². The molecule has 0 aliphatic carbocycles. The predicted molar refractivity (Wildman–Crippen MR) is 135 cm³/mol. The highest BCUT2D eigenvalue weighted by Gasteiger charge is 2.14. The van der Waals surface area contributed by atoms with Crippen LogP contribution in [0.15, 0.2) is 48.7 Å². The Labute approximate surface area is 206 Å². The number of carbonyl (C=O) groups is 1. The average Bonchev–Trinajstić information content (AvgIpc) is 3.28. The number of benzene rings is 2. The number of nitrogens with zero attached hydrogens (tertiary/aromatic N) is 2. The van der Waals surface area contributed by atoms with Crippen molar-refractivity contribution < 1.29 is 18.7 Å². The molecule has 8 nitrogen and oxygen atoms in total. The van der Waals surface area contributed by atoms with Crippen molar-refractivity contribution in [3.05, 3.63) is 65.2 Å². The summed E-state index contributed by atoms with van der Waals surface area (Å²) in [4.78, 5) is 24.3. The lowest BCUT2D eigenvalue weighted by Crippen LogP contribution is -2.09. The summed E-state index contributed by atoms with van der Waals surface area (Å²) in [6.45, 7) is 3.32. The van der Waals surface area contributed by atoms with E-state index in [-0.39, 0.29) is 5.02 Å². The molecule has 10 heteroatoms. The lowest BCUT2D eigenvalue weighted by molar-refractivity contribution is 0.0520. The number of hydrogen-bond donors (Lipinski definition) is 3. The molecule has 0 amide bonds. The summed E-state index contributed by atoms with van der Waals surface area (Å²) in [6, 6.07) is 11.9. The monoisotopic (exact) mass is 497 g/mol. The number of hydrogen-bond acceptors (Lipinski definition) is 7.